The molecule has 0 saturated heterocycles. The molecule has 0 saturated carbocycles. The molecule has 0 aliphatic carbocycles. The van der Waals surface area contributed by atoms with Gasteiger partial charge in [-0.3, -0.25) is 4.79 Å². The van der Waals surface area contributed by atoms with Crippen LogP contribution in [0.15, 0.2) is 66.7 Å². The molecular formula is C20H17FN2O2S. The fourth-order valence-electron chi connectivity index (χ4n) is 2.34. The van der Waals surface area contributed by atoms with Crippen LogP contribution in [0.5, 0.6) is 0 Å². The maximum absolute atomic E-state index is 12.8. The molecule has 3 rings (SSSR count). The Labute approximate surface area is 154 Å². The van der Waals surface area contributed by atoms with Gasteiger partial charge in [0.05, 0.1) is 11.4 Å². The van der Waals surface area contributed by atoms with E-state index in [4.69, 9.17) is 0 Å². The number of nitrogens with one attached hydrogen (secondary N) is 2. The van der Waals surface area contributed by atoms with E-state index in [1.54, 1.807) is 30.3 Å². The Morgan fingerprint density at radius 3 is 2.27 bits per heavy atom. The van der Waals surface area contributed by atoms with E-state index >= 15 is 0 Å². The topological polar surface area (TPSA) is 58.2 Å². The monoisotopic (exact) mass is 368 g/mol. The number of thiophene rings is 1. The van der Waals surface area contributed by atoms with Gasteiger partial charge in [0, 0.05) is 17.0 Å². The van der Waals surface area contributed by atoms with Gasteiger partial charge in [0.2, 0.25) is 5.78 Å². The molecule has 1 aromatic heterocycles. The van der Waals surface area contributed by atoms with Crippen LogP contribution >= 0.6 is 11.3 Å². The van der Waals surface area contributed by atoms with Crippen molar-refractivity contribution in [1.29, 1.82) is 0 Å². The predicted octanol–water partition coefficient (Wildman–Crippen LogP) is 4.12. The SMILES string of the molecule is O=C(NCc1ccc(F)cc1)NCc1ccc(C(=O)c2ccccc2)s1. The molecule has 0 unspecified atom stereocenters. The standard InChI is InChI=1S/C20H17FN2O2S/c21-16-8-6-14(7-9-16)12-22-20(25)23-13-17-10-11-18(26-17)19(24)15-4-2-1-3-5-15/h1-11H,12-13H2,(H2,22,23,25). The van der Waals surface area contributed by atoms with E-state index < -0.39 is 0 Å². The van der Waals surface area contributed by atoms with Crippen LogP contribution in [0.4, 0.5) is 9.18 Å². The van der Waals surface area contributed by atoms with Gasteiger partial charge < -0.3 is 10.6 Å². The molecule has 2 aromatic carbocycles. The first-order valence-electron chi connectivity index (χ1n) is 8.06. The highest BCUT2D eigenvalue weighted by Crippen LogP contribution is 2.20. The van der Waals surface area contributed by atoms with E-state index in [1.807, 2.05) is 24.3 Å². The first-order valence-corrected chi connectivity index (χ1v) is 8.88. The van der Waals surface area contributed by atoms with Crippen molar-refractivity contribution in [1.82, 2.24) is 10.6 Å². The average molecular weight is 368 g/mol. The van der Waals surface area contributed by atoms with Crippen molar-refractivity contribution in [3.05, 3.63) is 93.4 Å². The van der Waals surface area contributed by atoms with Gasteiger partial charge in [0.25, 0.3) is 0 Å². The van der Waals surface area contributed by atoms with Gasteiger partial charge in [-0.2, -0.15) is 0 Å². The van der Waals surface area contributed by atoms with Crippen LogP contribution in [0.1, 0.15) is 25.7 Å². The van der Waals surface area contributed by atoms with Crippen molar-refractivity contribution >= 4 is 23.2 Å². The second-order valence-corrected chi connectivity index (χ2v) is 6.79. The van der Waals surface area contributed by atoms with Crippen molar-refractivity contribution in [3.8, 4) is 0 Å². The summed E-state index contributed by atoms with van der Waals surface area (Å²) in [7, 11) is 0. The third kappa shape index (κ3) is 4.77. The molecule has 0 spiro atoms. The van der Waals surface area contributed by atoms with E-state index in [-0.39, 0.29) is 17.6 Å². The Bertz CT molecular complexity index is 892. The molecule has 0 aliphatic rings. The quantitative estimate of drug-likeness (QED) is 0.643. The maximum atomic E-state index is 12.8. The summed E-state index contributed by atoms with van der Waals surface area (Å²) >= 11 is 1.36. The van der Waals surface area contributed by atoms with Crippen molar-refractivity contribution in [2.24, 2.45) is 0 Å². The zero-order chi connectivity index (χ0) is 18.4. The molecule has 2 amide bonds. The number of hydrogen-bond acceptors (Lipinski definition) is 3. The number of urea groups is 1. The minimum Gasteiger partial charge on any atom is -0.334 e. The number of carbonyl (C=O) groups excluding carboxylic acids is 2. The Balaban J connectivity index is 1.49. The van der Waals surface area contributed by atoms with Crippen LogP contribution in [0.25, 0.3) is 0 Å². The summed E-state index contributed by atoms with van der Waals surface area (Å²) in [5, 5.41) is 5.46. The summed E-state index contributed by atoms with van der Waals surface area (Å²) in [4.78, 5) is 25.8. The number of amides is 2. The van der Waals surface area contributed by atoms with Crippen LogP contribution in [-0.4, -0.2) is 11.8 Å². The highest BCUT2D eigenvalue weighted by Gasteiger charge is 2.11. The molecule has 0 bridgehead atoms. The molecule has 0 atom stereocenters. The zero-order valence-electron chi connectivity index (χ0n) is 13.9. The van der Waals surface area contributed by atoms with Gasteiger partial charge in [0.1, 0.15) is 5.82 Å². The van der Waals surface area contributed by atoms with Gasteiger partial charge in [0.15, 0.2) is 0 Å². The van der Waals surface area contributed by atoms with E-state index in [1.165, 1.54) is 23.5 Å². The molecule has 6 heteroatoms. The number of benzene rings is 2. The van der Waals surface area contributed by atoms with Crippen LogP contribution in [0.2, 0.25) is 0 Å². The number of hydrogen-bond donors (Lipinski definition) is 2. The molecule has 0 fully saturated rings. The first kappa shape index (κ1) is 17.8. The largest absolute Gasteiger partial charge is 0.334 e. The van der Waals surface area contributed by atoms with Crippen molar-refractivity contribution < 1.29 is 14.0 Å². The Morgan fingerprint density at radius 2 is 1.54 bits per heavy atom. The first-order chi connectivity index (χ1) is 12.6. The minimum absolute atomic E-state index is 0.0254. The van der Waals surface area contributed by atoms with Gasteiger partial charge in [-0.1, -0.05) is 42.5 Å². The highest BCUT2D eigenvalue weighted by atomic mass is 32.1. The molecule has 1 heterocycles. The lowest BCUT2D eigenvalue weighted by Crippen LogP contribution is -2.34. The number of ketones is 1. The smallest absolute Gasteiger partial charge is 0.315 e. The van der Waals surface area contributed by atoms with Crippen LogP contribution in [-0.2, 0) is 13.1 Å². The summed E-state index contributed by atoms with van der Waals surface area (Å²) < 4.78 is 12.8. The molecule has 26 heavy (non-hydrogen) atoms. The van der Waals surface area contributed by atoms with Crippen molar-refractivity contribution in [2.75, 3.05) is 0 Å². The summed E-state index contributed by atoms with van der Waals surface area (Å²) in [6.45, 7) is 0.649. The molecule has 0 radical (unpaired) electrons. The summed E-state index contributed by atoms with van der Waals surface area (Å²) in [6.07, 6.45) is 0. The number of carbonyl (C=O) groups is 2. The molecule has 3 aromatic rings. The molecule has 2 N–H and O–H groups in total. The predicted molar refractivity (Wildman–Crippen MR) is 99.7 cm³/mol. The highest BCUT2D eigenvalue weighted by molar-refractivity contribution is 7.14. The van der Waals surface area contributed by atoms with Gasteiger partial charge in [-0.05, 0) is 29.8 Å². The molecule has 4 nitrogen and oxygen atoms in total. The van der Waals surface area contributed by atoms with Crippen LogP contribution in [0.3, 0.4) is 0 Å². The maximum Gasteiger partial charge on any atom is 0.315 e. The van der Waals surface area contributed by atoms with E-state index in [0.717, 1.165) is 10.4 Å². The van der Waals surface area contributed by atoms with Gasteiger partial charge >= 0.3 is 6.03 Å². The number of rotatable bonds is 6. The Kier molecular flexibility index (Phi) is 5.76. The third-order valence-electron chi connectivity index (χ3n) is 3.71. The molecular weight excluding hydrogens is 351 g/mol. The third-order valence-corrected chi connectivity index (χ3v) is 4.79. The van der Waals surface area contributed by atoms with Crippen molar-refractivity contribution in [3.63, 3.8) is 0 Å². The van der Waals surface area contributed by atoms with E-state index in [9.17, 15) is 14.0 Å². The molecule has 132 valence electrons. The van der Waals surface area contributed by atoms with Crippen LogP contribution in [0, 0.1) is 5.82 Å². The zero-order valence-corrected chi connectivity index (χ0v) is 14.7. The Morgan fingerprint density at radius 1 is 0.846 bits per heavy atom. The second kappa shape index (κ2) is 8.40. The summed E-state index contributed by atoms with van der Waals surface area (Å²) in [5.41, 5.74) is 1.46. The van der Waals surface area contributed by atoms with Crippen molar-refractivity contribution in [2.45, 2.75) is 13.1 Å². The second-order valence-electron chi connectivity index (χ2n) is 5.62. The average Bonchev–Trinajstić information content (AvgIpc) is 3.15. The summed E-state index contributed by atoms with van der Waals surface area (Å²) in [5.74, 6) is -0.334. The fraction of sp³-hybridized carbons (Fsp3) is 0.100. The lowest BCUT2D eigenvalue weighted by Gasteiger charge is -2.06. The van der Waals surface area contributed by atoms with Gasteiger partial charge in [-0.25, -0.2) is 9.18 Å². The fourth-order valence-corrected chi connectivity index (χ4v) is 3.25. The molecule has 0 aliphatic heterocycles. The number of halogens is 1. The lowest BCUT2D eigenvalue weighted by atomic mass is 10.1. The minimum atomic E-state index is -0.321. The van der Waals surface area contributed by atoms with Crippen LogP contribution < -0.4 is 10.6 Å². The van der Waals surface area contributed by atoms with E-state index in [0.29, 0.717) is 23.5 Å². The normalized spacial score (nSPS) is 10.3. The van der Waals surface area contributed by atoms with E-state index in [2.05, 4.69) is 10.6 Å². The van der Waals surface area contributed by atoms with Gasteiger partial charge in [-0.15, -0.1) is 11.3 Å². The lowest BCUT2D eigenvalue weighted by molar-refractivity contribution is 0.104. The Hall–Kier alpha value is -2.99. The summed E-state index contributed by atoms with van der Waals surface area (Å²) in [6, 6.07) is 18.3.